The number of rotatable bonds is 8. The highest BCUT2D eigenvalue weighted by Crippen LogP contribution is 2.34. The maximum absolute atomic E-state index is 11.7. The van der Waals surface area contributed by atoms with E-state index < -0.39 is 0 Å². The summed E-state index contributed by atoms with van der Waals surface area (Å²) < 4.78 is 5.02. The van der Waals surface area contributed by atoms with Gasteiger partial charge in [0.25, 0.3) is 0 Å². The summed E-state index contributed by atoms with van der Waals surface area (Å²) >= 11 is 0. The number of benzene rings is 1. The van der Waals surface area contributed by atoms with Gasteiger partial charge in [-0.25, -0.2) is 4.79 Å². The number of allylic oxidation sites excluding steroid dienone is 2. The maximum Gasteiger partial charge on any atom is 0.333 e. The van der Waals surface area contributed by atoms with Gasteiger partial charge in [0.05, 0.1) is 17.8 Å². The molecule has 28 heavy (non-hydrogen) atoms. The van der Waals surface area contributed by atoms with Gasteiger partial charge >= 0.3 is 5.97 Å². The lowest BCUT2D eigenvalue weighted by Gasteiger charge is -2.23. The molecule has 0 aliphatic heterocycles. The fraction of sp³-hybridized carbons (Fsp3) is 0.417. The first-order valence-corrected chi connectivity index (χ1v) is 10.3. The van der Waals surface area contributed by atoms with E-state index in [0.717, 1.165) is 31.2 Å². The molecule has 1 heterocycles. The van der Waals surface area contributed by atoms with Crippen molar-refractivity contribution in [3.63, 3.8) is 0 Å². The number of aromatic nitrogens is 1. The molecular weight excluding hydrogens is 348 g/mol. The fourth-order valence-corrected chi connectivity index (χ4v) is 3.78. The number of anilines is 1. The average Bonchev–Trinajstić information content (AvgIpc) is 2.72. The third kappa shape index (κ3) is 4.61. The first-order valence-electron chi connectivity index (χ1n) is 10.3. The highest BCUT2D eigenvalue weighted by atomic mass is 16.5. The molecule has 0 saturated carbocycles. The van der Waals surface area contributed by atoms with Gasteiger partial charge in [0.15, 0.2) is 0 Å². The van der Waals surface area contributed by atoms with E-state index in [0.29, 0.717) is 18.6 Å². The first kappa shape index (κ1) is 20.1. The van der Waals surface area contributed by atoms with Crippen molar-refractivity contribution in [1.29, 1.82) is 0 Å². The highest BCUT2D eigenvalue weighted by Gasteiger charge is 2.18. The van der Waals surface area contributed by atoms with Gasteiger partial charge in [-0.1, -0.05) is 30.9 Å². The van der Waals surface area contributed by atoms with Crippen molar-refractivity contribution < 1.29 is 9.53 Å². The van der Waals surface area contributed by atoms with E-state index in [1.807, 2.05) is 13.0 Å². The Hall–Kier alpha value is -2.62. The Labute approximate surface area is 167 Å². The Bertz CT molecular complexity index is 899. The third-order valence-electron chi connectivity index (χ3n) is 5.29. The van der Waals surface area contributed by atoms with Crippen molar-refractivity contribution in [3.05, 3.63) is 59.4 Å². The van der Waals surface area contributed by atoms with Crippen LogP contribution in [0.2, 0.25) is 0 Å². The molecule has 0 spiro atoms. The van der Waals surface area contributed by atoms with Crippen LogP contribution in [0.15, 0.2) is 48.2 Å². The minimum absolute atomic E-state index is 0.285. The highest BCUT2D eigenvalue weighted by molar-refractivity contribution is 5.94. The number of carbonyl (C=O) groups is 1. The Morgan fingerprint density at radius 2 is 2.04 bits per heavy atom. The summed E-state index contributed by atoms with van der Waals surface area (Å²) in [4.78, 5) is 16.6. The summed E-state index contributed by atoms with van der Waals surface area (Å²) in [6.07, 6.45) is 9.04. The lowest BCUT2D eigenvalue weighted by Crippen LogP contribution is -2.12. The van der Waals surface area contributed by atoms with Gasteiger partial charge < -0.3 is 10.1 Å². The Kier molecular flexibility index (Phi) is 6.85. The molecule has 1 N–H and O–H groups in total. The first-order chi connectivity index (χ1) is 13.6. The van der Waals surface area contributed by atoms with Crippen LogP contribution in [0.25, 0.3) is 10.9 Å². The molecule has 0 fully saturated rings. The van der Waals surface area contributed by atoms with E-state index in [4.69, 9.17) is 9.72 Å². The van der Waals surface area contributed by atoms with E-state index in [-0.39, 0.29) is 5.97 Å². The Morgan fingerprint density at radius 1 is 1.25 bits per heavy atom. The van der Waals surface area contributed by atoms with Crippen LogP contribution < -0.4 is 5.32 Å². The molecule has 0 radical (unpaired) electrons. The van der Waals surface area contributed by atoms with E-state index in [2.05, 4.69) is 43.1 Å². The summed E-state index contributed by atoms with van der Waals surface area (Å²) in [5, 5.41) is 4.88. The molecule has 0 atom stereocenters. The number of para-hydroxylation sites is 1. The van der Waals surface area contributed by atoms with Gasteiger partial charge in [-0.15, -0.1) is 0 Å². The van der Waals surface area contributed by atoms with Crippen LogP contribution >= 0.6 is 0 Å². The van der Waals surface area contributed by atoms with Crippen molar-refractivity contribution in [3.8, 4) is 0 Å². The molecule has 0 unspecified atom stereocenters. The minimum atomic E-state index is -0.285. The summed E-state index contributed by atoms with van der Waals surface area (Å²) in [6.45, 7) is 8.11. The second-order valence-corrected chi connectivity index (χ2v) is 7.25. The van der Waals surface area contributed by atoms with Crippen molar-refractivity contribution in [1.82, 2.24) is 4.98 Å². The van der Waals surface area contributed by atoms with E-state index in [1.54, 1.807) is 0 Å². The maximum atomic E-state index is 11.7. The van der Waals surface area contributed by atoms with Crippen LogP contribution in [0.4, 0.5) is 5.69 Å². The molecule has 0 bridgehead atoms. The summed E-state index contributed by atoms with van der Waals surface area (Å²) in [7, 11) is 0. The standard InChI is InChI=1S/C24H30N2O2/c1-4-18(12-10-11-17(3)24(27)28-5-2)25-23-19-13-6-8-15-21(19)26-22-16-9-7-14-20(22)23/h4,6,8,13,15H,3,5,7,9-12,14,16H2,1-2H3,(H,25,26)/b18-4+. The van der Waals surface area contributed by atoms with Crippen LogP contribution in [0.1, 0.15) is 57.2 Å². The summed E-state index contributed by atoms with van der Waals surface area (Å²) in [5.74, 6) is -0.285. The number of aryl methyl sites for hydroxylation is 1. The summed E-state index contributed by atoms with van der Waals surface area (Å²) in [5.41, 5.74) is 6.57. The number of ether oxygens (including phenoxy) is 1. The number of hydrogen-bond acceptors (Lipinski definition) is 4. The summed E-state index contributed by atoms with van der Waals surface area (Å²) in [6, 6.07) is 8.36. The van der Waals surface area contributed by atoms with Crippen LogP contribution in [0.3, 0.4) is 0 Å². The van der Waals surface area contributed by atoms with E-state index in [9.17, 15) is 4.79 Å². The monoisotopic (exact) mass is 378 g/mol. The number of nitrogens with zero attached hydrogens (tertiary/aromatic N) is 1. The molecule has 0 saturated heterocycles. The van der Waals surface area contributed by atoms with Crippen molar-refractivity contribution in [2.75, 3.05) is 11.9 Å². The zero-order valence-corrected chi connectivity index (χ0v) is 17.0. The number of carbonyl (C=O) groups excluding carboxylic acids is 1. The molecule has 1 aromatic heterocycles. The van der Waals surface area contributed by atoms with Gasteiger partial charge in [0.2, 0.25) is 0 Å². The van der Waals surface area contributed by atoms with Gasteiger partial charge in [-0.05, 0) is 70.4 Å². The predicted molar refractivity (Wildman–Crippen MR) is 115 cm³/mol. The van der Waals surface area contributed by atoms with E-state index >= 15 is 0 Å². The van der Waals surface area contributed by atoms with Gasteiger partial charge in [0.1, 0.15) is 0 Å². The normalized spacial score (nSPS) is 13.9. The lowest BCUT2D eigenvalue weighted by molar-refractivity contribution is -0.138. The van der Waals surface area contributed by atoms with Gasteiger partial charge in [-0.3, -0.25) is 4.98 Å². The molecule has 1 aliphatic rings. The zero-order valence-electron chi connectivity index (χ0n) is 17.0. The zero-order chi connectivity index (χ0) is 19.9. The largest absolute Gasteiger partial charge is 0.463 e. The van der Waals surface area contributed by atoms with Crippen molar-refractivity contribution >= 4 is 22.6 Å². The molecular formula is C24H30N2O2. The predicted octanol–water partition coefficient (Wildman–Crippen LogP) is 5.72. The quantitative estimate of drug-likeness (QED) is 0.471. The Balaban J connectivity index is 1.75. The van der Waals surface area contributed by atoms with Crippen LogP contribution in [-0.4, -0.2) is 17.6 Å². The fourth-order valence-electron chi connectivity index (χ4n) is 3.78. The SMILES string of the molecule is C=C(CCC/C(=C\C)Nc1c2c(nc3ccccc13)CCCC2)C(=O)OCC. The average molecular weight is 379 g/mol. The number of nitrogens with one attached hydrogen (secondary N) is 1. The molecule has 4 heteroatoms. The van der Waals surface area contributed by atoms with Gasteiger partial charge in [-0.2, -0.15) is 0 Å². The topological polar surface area (TPSA) is 51.2 Å². The van der Waals surface area contributed by atoms with Crippen molar-refractivity contribution in [2.24, 2.45) is 0 Å². The van der Waals surface area contributed by atoms with Crippen LogP contribution in [0.5, 0.6) is 0 Å². The lowest BCUT2D eigenvalue weighted by atomic mass is 9.92. The smallest absolute Gasteiger partial charge is 0.333 e. The number of pyridine rings is 1. The second kappa shape index (κ2) is 9.54. The molecule has 1 aliphatic carbocycles. The number of hydrogen-bond donors (Lipinski definition) is 1. The Morgan fingerprint density at radius 3 is 2.82 bits per heavy atom. The van der Waals surface area contributed by atoms with Gasteiger partial charge in [0, 0.05) is 22.4 Å². The number of fused-ring (bicyclic) bond motifs is 2. The second-order valence-electron chi connectivity index (χ2n) is 7.25. The minimum Gasteiger partial charge on any atom is -0.463 e. The molecule has 1 aromatic carbocycles. The molecule has 4 nitrogen and oxygen atoms in total. The third-order valence-corrected chi connectivity index (χ3v) is 5.29. The van der Waals surface area contributed by atoms with E-state index in [1.165, 1.54) is 40.9 Å². The van der Waals surface area contributed by atoms with Crippen LogP contribution in [-0.2, 0) is 22.4 Å². The number of esters is 1. The molecule has 2 aromatic rings. The van der Waals surface area contributed by atoms with Crippen molar-refractivity contribution in [2.45, 2.75) is 58.8 Å². The molecule has 0 amide bonds. The van der Waals surface area contributed by atoms with Crippen LogP contribution in [0, 0.1) is 0 Å². The molecule has 148 valence electrons. The molecule has 3 rings (SSSR count).